The van der Waals surface area contributed by atoms with Crippen LogP contribution in [0.4, 0.5) is 5.69 Å². The molecule has 1 saturated heterocycles. The fourth-order valence-corrected chi connectivity index (χ4v) is 2.08. The minimum Gasteiger partial charge on any atom is -0.497 e. The van der Waals surface area contributed by atoms with Gasteiger partial charge < -0.3 is 14.8 Å². The molecule has 1 heterocycles. The van der Waals surface area contributed by atoms with Crippen LogP contribution in [0.1, 0.15) is 6.42 Å². The van der Waals surface area contributed by atoms with E-state index in [-0.39, 0.29) is 0 Å². The lowest BCUT2D eigenvalue weighted by Gasteiger charge is -2.14. The molecular weight excluding hydrogens is 258 g/mol. The number of ether oxygens (including phenoxy) is 2. The van der Waals surface area contributed by atoms with Crippen molar-refractivity contribution in [2.24, 2.45) is 0 Å². The van der Waals surface area contributed by atoms with Gasteiger partial charge >= 0.3 is 0 Å². The summed E-state index contributed by atoms with van der Waals surface area (Å²) >= 11 is 3.51. The maximum absolute atomic E-state index is 5.31. The van der Waals surface area contributed by atoms with E-state index >= 15 is 0 Å². The number of rotatable bonds is 3. The lowest BCUT2D eigenvalue weighted by atomic mass is 10.2. The van der Waals surface area contributed by atoms with E-state index in [0.29, 0.717) is 6.04 Å². The van der Waals surface area contributed by atoms with Gasteiger partial charge in [0.25, 0.3) is 0 Å². The van der Waals surface area contributed by atoms with Crippen LogP contribution >= 0.6 is 15.9 Å². The average Bonchev–Trinajstić information content (AvgIpc) is 2.74. The predicted octanol–water partition coefficient (Wildman–Crippen LogP) is 2.66. The summed E-state index contributed by atoms with van der Waals surface area (Å²) in [6.07, 6.45) is 1.07. The maximum atomic E-state index is 5.31. The molecule has 0 radical (unpaired) electrons. The fourth-order valence-electron chi connectivity index (χ4n) is 1.61. The molecule has 2 rings (SSSR count). The van der Waals surface area contributed by atoms with Crippen molar-refractivity contribution in [3.05, 3.63) is 22.7 Å². The summed E-state index contributed by atoms with van der Waals surface area (Å²) in [4.78, 5) is 0. The van der Waals surface area contributed by atoms with Gasteiger partial charge in [0.1, 0.15) is 5.75 Å². The largest absolute Gasteiger partial charge is 0.497 e. The van der Waals surface area contributed by atoms with Crippen molar-refractivity contribution in [1.82, 2.24) is 0 Å². The molecule has 1 aliphatic rings. The summed E-state index contributed by atoms with van der Waals surface area (Å²) in [5.74, 6) is 0.857. The lowest BCUT2D eigenvalue weighted by Crippen LogP contribution is -2.19. The Hall–Kier alpha value is -0.740. The summed E-state index contributed by atoms with van der Waals surface area (Å²) in [5, 5.41) is 3.43. The van der Waals surface area contributed by atoms with Gasteiger partial charge in [0.05, 0.1) is 19.8 Å². The summed E-state index contributed by atoms with van der Waals surface area (Å²) in [5.41, 5.74) is 1.09. The summed E-state index contributed by atoms with van der Waals surface area (Å²) in [6, 6.07) is 6.34. The minimum atomic E-state index is 0.426. The van der Waals surface area contributed by atoms with Crippen molar-refractivity contribution in [3.8, 4) is 5.75 Å². The Kier molecular flexibility index (Phi) is 3.49. The topological polar surface area (TPSA) is 30.5 Å². The van der Waals surface area contributed by atoms with E-state index in [9.17, 15) is 0 Å². The Morgan fingerprint density at radius 2 is 2.40 bits per heavy atom. The Morgan fingerprint density at radius 1 is 1.53 bits per heavy atom. The highest BCUT2D eigenvalue weighted by Gasteiger charge is 2.16. The zero-order valence-corrected chi connectivity index (χ0v) is 10.2. The third kappa shape index (κ3) is 2.63. The SMILES string of the molecule is COc1ccc(NC2CCOC2)c(Br)c1. The van der Waals surface area contributed by atoms with Gasteiger partial charge in [-0.15, -0.1) is 0 Å². The van der Waals surface area contributed by atoms with E-state index in [0.717, 1.165) is 35.5 Å². The van der Waals surface area contributed by atoms with Gasteiger partial charge in [-0.25, -0.2) is 0 Å². The number of anilines is 1. The number of benzene rings is 1. The van der Waals surface area contributed by atoms with Gasteiger partial charge in [-0.2, -0.15) is 0 Å². The molecule has 1 atom stereocenters. The molecule has 0 amide bonds. The molecule has 0 aliphatic carbocycles. The zero-order valence-electron chi connectivity index (χ0n) is 8.63. The van der Waals surface area contributed by atoms with Crippen LogP contribution in [-0.2, 0) is 4.74 Å². The first-order valence-electron chi connectivity index (χ1n) is 4.97. The maximum Gasteiger partial charge on any atom is 0.120 e. The van der Waals surface area contributed by atoms with Crippen LogP contribution in [0.2, 0.25) is 0 Å². The van der Waals surface area contributed by atoms with Crippen LogP contribution < -0.4 is 10.1 Å². The van der Waals surface area contributed by atoms with Crippen LogP contribution in [-0.4, -0.2) is 26.4 Å². The molecule has 0 spiro atoms. The Labute approximate surface area is 97.9 Å². The normalized spacial score (nSPS) is 20.3. The van der Waals surface area contributed by atoms with E-state index in [4.69, 9.17) is 9.47 Å². The van der Waals surface area contributed by atoms with Crippen LogP contribution in [0, 0.1) is 0 Å². The second kappa shape index (κ2) is 4.86. The molecule has 1 aliphatic heterocycles. The van der Waals surface area contributed by atoms with E-state index in [1.54, 1.807) is 7.11 Å². The van der Waals surface area contributed by atoms with Crippen LogP contribution in [0.15, 0.2) is 22.7 Å². The van der Waals surface area contributed by atoms with E-state index < -0.39 is 0 Å². The molecule has 1 aromatic carbocycles. The molecule has 82 valence electrons. The monoisotopic (exact) mass is 271 g/mol. The van der Waals surface area contributed by atoms with Crippen LogP contribution in [0.25, 0.3) is 0 Å². The summed E-state index contributed by atoms with van der Waals surface area (Å²) in [7, 11) is 1.67. The molecule has 0 saturated carbocycles. The van der Waals surface area contributed by atoms with Gasteiger partial charge in [-0.05, 0) is 40.5 Å². The molecule has 1 unspecified atom stereocenters. The zero-order chi connectivity index (χ0) is 10.7. The average molecular weight is 272 g/mol. The third-order valence-corrected chi connectivity index (χ3v) is 3.12. The predicted molar refractivity (Wildman–Crippen MR) is 63.5 cm³/mol. The first kappa shape index (κ1) is 10.8. The molecule has 1 N–H and O–H groups in total. The van der Waals surface area contributed by atoms with Gasteiger partial charge in [0, 0.05) is 16.8 Å². The fraction of sp³-hybridized carbons (Fsp3) is 0.455. The van der Waals surface area contributed by atoms with Crippen molar-refractivity contribution >= 4 is 21.6 Å². The lowest BCUT2D eigenvalue weighted by molar-refractivity contribution is 0.195. The van der Waals surface area contributed by atoms with Crippen molar-refractivity contribution in [2.75, 3.05) is 25.6 Å². The number of nitrogens with one attached hydrogen (secondary N) is 1. The van der Waals surface area contributed by atoms with Gasteiger partial charge in [-0.3, -0.25) is 0 Å². The second-order valence-electron chi connectivity index (χ2n) is 3.55. The number of halogens is 1. The Bertz CT molecular complexity index is 337. The number of hydrogen-bond donors (Lipinski definition) is 1. The minimum absolute atomic E-state index is 0.426. The standard InChI is InChI=1S/C11H14BrNO2/c1-14-9-2-3-11(10(12)6-9)13-8-4-5-15-7-8/h2-3,6,8,13H,4-5,7H2,1H3. The smallest absolute Gasteiger partial charge is 0.120 e. The quantitative estimate of drug-likeness (QED) is 0.917. The molecule has 3 nitrogen and oxygen atoms in total. The highest BCUT2D eigenvalue weighted by atomic mass is 79.9. The highest BCUT2D eigenvalue weighted by Crippen LogP contribution is 2.28. The molecule has 1 aromatic rings. The molecule has 15 heavy (non-hydrogen) atoms. The van der Waals surface area contributed by atoms with Gasteiger partial charge in [-0.1, -0.05) is 0 Å². The first-order valence-corrected chi connectivity index (χ1v) is 5.76. The van der Waals surface area contributed by atoms with Gasteiger partial charge in [0.15, 0.2) is 0 Å². The first-order chi connectivity index (χ1) is 7.29. The van der Waals surface area contributed by atoms with E-state index in [1.807, 2.05) is 18.2 Å². The summed E-state index contributed by atoms with van der Waals surface area (Å²) in [6.45, 7) is 1.64. The van der Waals surface area contributed by atoms with Crippen LogP contribution in [0.3, 0.4) is 0 Å². The summed E-state index contributed by atoms with van der Waals surface area (Å²) < 4.78 is 11.5. The van der Waals surface area contributed by atoms with Crippen molar-refractivity contribution in [3.63, 3.8) is 0 Å². The molecule has 1 fully saturated rings. The number of methoxy groups -OCH3 is 1. The van der Waals surface area contributed by atoms with Gasteiger partial charge in [0.2, 0.25) is 0 Å². The highest BCUT2D eigenvalue weighted by molar-refractivity contribution is 9.10. The van der Waals surface area contributed by atoms with Crippen molar-refractivity contribution in [2.45, 2.75) is 12.5 Å². The van der Waals surface area contributed by atoms with Crippen molar-refractivity contribution in [1.29, 1.82) is 0 Å². The van der Waals surface area contributed by atoms with E-state index in [1.165, 1.54) is 0 Å². The molecule has 4 heteroatoms. The molecular formula is C11H14BrNO2. The van der Waals surface area contributed by atoms with E-state index in [2.05, 4.69) is 21.2 Å². The van der Waals surface area contributed by atoms with Crippen molar-refractivity contribution < 1.29 is 9.47 Å². The Balaban J connectivity index is 2.07. The second-order valence-corrected chi connectivity index (χ2v) is 4.40. The molecule has 0 aromatic heterocycles. The number of hydrogen-bond acceptors (Lipinski definition) is 3. The van der Waals surface area contributed by atoms with Crippen LogP contribution in [0.5, 0.6) is 5.75 Å². The third-order valence-electron chi connectivity index (χ3n) is 2.47. The Morgan fingerprint density at radius 3 is 3.00 bits per heavy atom. The molecule has 0 bridgehead atoms.